The van der Waals surface area contributed by atoms with E-state index >= 15 is 0 Å². The first kappa shape index (κ1) is 12.1. The highest BCUT2D eigenvalue weighted by Crippen LogP contribution is 2.17. The van der Waals surface area contributed by atoms with Gasteiger partial charge in [-0.25, -0.2) is 4.98 Å². The minimum atomic E-state index is 0.769. The molecule has 0 atom stereocenters. The molecule has 108 valence electrons. The monoisotopic (exact) mass is 284 g/mol. The highest BCUT2D eigenvalue weighted by Gasteiger charge is 2.20. The Balaban J connectivity index is 1.50. The second kappa shape index (κ2) is 4.72. The first-order valence-electron chi connectivity index (χ1n) is 6.95. The number of anilines is 2. The van der Waals surface area contributed by atoms with Crippen molar-refractivity contribution in [3.63, 3.8) is 0 Å². The van der Waals surface area contributed by atoms with E-state index < -0.39 is 0 Å². The summed E-state index contributed by atoms with van der Waals surface area (Å²) in [6, 6.07) is 3.95. The van der Waals surface area contributed by atoms with E-state index in [1.807, 2.05) is 31.6 Å². The van der Waals surface area contributed by atoms with E-state index in [-0.39, 0.29) is 0 Å². The molecule has 3 aromatic heterocycles. The third-order valence-electron chi connectivity index (χ3n) is 3.83. The molecule has 4 heterocycles. The summed E-state index contributed by atoms with van der Waals surface area (Å²) in [6.45, 7) is 3.72. The van der Waals surface area contributed by atoms with Crippen LogP contribution in [0.15, 0.2) is 30.9 Å². The Bertz CT molecular complexity index is 752. The van der Waals surface area contributed by atoms with Gasteiger partial charge in [-0.2, -0.15) is 4.52 Å². The minimum Gasteiger partial charge on any atom is -0.352 e. The molecule has 0 amide bonds. The summed E-state index contributed by atoms with van der Waals surface area (Å²) in [5.74, 6) is 1.98. The first-order chi connectivity index (χ1) is 10.3. The molecule has 0 bridgehead atoms. The number of imidazole rings is 1. The van der Waals surface area contributed by atoms with Crippen LogP contribution in [0.3, 0.4) is 0 Å². The van der Waals surface area contributed by atoms with Crippen molar-refractivity contribution in [3.05, 3.63) is 30.9 Å². The van der Waals surface area contributed by atoms with Crippen LogP contribution in [0.25, 0.3) is 5.65 Å². The lowest BCUT2D eigenvalue weighted by molar-refractivity contribution is 0.621. The number of aryl methyl sites for hydroxylation is 1. The smallest absolute Gasteiger partial charge is 0.205 e. The predicted octanol–water partition coefficient (Wildman–Crippen LogP) is 0.184. The van der Waals surface area contributed by atoms with Gasteiger partial charge >= 0.3 is 0 Å². The Kier molecular flexibility index (Phi) is 2.73. The SMILES string of the molecule is Cn1ccnc1N1CCN(c2ccc3nncn3n2)CC1. The lowest BCUT2D eigenvalue weighted by Crippen LogP contribution is -2.47. The van der Waals surface area contributed by atoms with E-state index in [0.717, 1.165) is 43.6 Å². The fourth-order valence-electron chi connectivity index (χ4n) is 2.69. The second-order valence-corrected chi connectivity index (χ2v) is 5.14. The molecule has 1 aliphatic heterocycles. The van der Waals surface area contributed by atoms with E-state index in [0.29, 0.717) is 0 Å². The number of hydrogen-bond donors (Lipinski definition) is 0. The quantitative estimate of drug-likeness (QED) is 0.669. The third-order valence-corrected chi connectivity index (χ3v) is 3.83. The van der Waals surface area contributed by atoms with E-state index in [9.17, 15) is 0 Å². The molecule has 8 nitrogen and oxygen atoms in total. The van der Waals surface area contributed by atoms with Crippen LogP contribution in [0, 0.1) is 0 Å². The summed E-state index contributed by atoms with van der Waals surface area (Å²) >= 11 is 0. The Labute approximate surface area is 121 Å². The maximum absolute atomic E-state index is 4.54. The summed E-state index contributed by atoms with van der Waals surface area (Å²) < 4.78 is 3.76. The number of nitrogens with zero attached hydrogens (tertiary/aromatic N) is 8. The molecule has 4 rings (SSSR count). The van der Waals surface area contributed by atoms with Crippen molar-refractivity contribution in [2.75, 3.05) is 36.0 Å². The van der Waals surface area contributed by atoms with Gasteiger partial charge < -0.3 is 14.4 Å². The van der Waals surface area contributed by atoms with Crippen molar-refractivity contribution < 1.29 is 0 Å². The summed E-state index contributed by atoms with van der Waals surface area (Å²) in [5.41, 5.74) is 0.769. The molecule has 0 N–H and O–H groups in total. The Hall–Kier alpha value is -2.64. The van der Waals surface area contributed by atoms with Gasteiger partial charge in [-0.15, -0.1) is 15.3 Å². The van der Waals surface area contributed by atoms with E-state index in [1.165, 1.54) is 0 Å². The van der Waals surface area contributed by atoms with Crippen molar-refractivity contribution >= 4 is 17.4 Å². The zero-order chi connectivity index (χ0) is 14.2. The zero-order valence-electron chi connectivity index (χ0n) is 11.8. The van der Waals surface area contributed by atoms with Crippen LogP contribution in [0.1, 0.15) is 0 Å². The molecule has 1 fully saturated rings. The van der Waals surface area contributed by atoms with Crippen LogP contribution in [0.4, 0.5) is 11.8 Å². The molecular weight excluding hydrogens is 268 g/mol. The number of hydrogen-bond acceptors (Lipinski definition) is 6. The van der Waals surface area contributed by atoms with Gasteiger partial charge in [-0.3, -0.25) is 0 Å². The Morgan fingerprint density at radius 2 is 1.86 bits per heavy atom. The van der Waals surface area contributed by atoms with Crippen molar-refractivity contribution in [3.8, 4) is 0 Å². The molecule has 1 aliphatic rings. The molecule has 0 aromatic carbocycles. The average Bonchev–Trinajstić information content (AvgIpc) is 3.15. The van der Waals surface area contributed by atoms with Crippen LogP contribution in [0.2, 0.25) is 0 Å². The van der Waals surface area contributed by atoms with Crippen molar-refractivity contribution in [2.24, 2.45) is 7.05 Å². The fourth-order valence-corrected chi connectivity index (χ4v) is 2.69. The minimum absolute atomic E-state index is 0.769. The van der Waals surface area contributed by atoms with Gasteiger partial charge in [-0.05, 0) is 12.1 Å². The number of fused-ring (bicyclic) bond motifs is 1. The molecule has 0 radical (unpaired) electrons. The number of piperazine rings is 1. The number of rotatable bonds is 2. The average molecular weight is 284 g/mol. The van der Waals surface area contributed by atoms with Gasteiger partial charge in [0.1, 0.15) is 12.1 Å². The lowest BCUT2D eigenvalue weighted by Gasteiger charge is -2.35. The van der Waals surface area contributed by atoms with Crippen LogP contribution in [-0.4, -0.2) is 55.5 Å². The van der Waals surface area contributed by atoms with Gasteiger partial charge in [-0.1, -0.05) is 0 Å². The Morgan fingerprint density at radius 1 is 1.05 bits per heavy atom. The summed E-state index contributed by atoms with van der Waals surface area (Å²) in [4.78, 5) is 8.98. The van der Waals surface area contributed by atoms with E-state index in [2.05, 4.69) is 34.6 Å². The first-order valence-corrected chi connectivity index (χ1v) is 6.95. The summed E-state index contributed by atoms with van der Waals surface area (Å²) in [5, 5.41) is 12.4. The predicted molar refractivity (Wildman–Crippen MR) is 78.4 cm³/mol. The Morgan fingerprint density at radius 3 is 2.62 bits per heavy atom. The molecule has 0 saturated carbocycles. The molecule has 0 aliphatic carbocycles. The van der Waals surface area contributed by atoms with Gasteiger partial charge in [0.25, 0.3) is 0 Å². The molecular formula is C13H16N8. The molecule has 3 aromatic rings. The largest absolute Gasteiger partial charge is 0.352 e. The van der Waals surface area contributed by atoms with Crippen LogP contribution in [-0.2, 0) is 7.05 Å². The van der Waals surface area contributed by atoms with Gasteiger partial charge in [0.2, 0.25) is 5.95 Å². The normalized spacial score (nSPS) is 15.9. The van der Waals surface area contributed by atoms with Crippen molar-refractivity contribution in [1.29, 1.82) is 0 Å². The van der Waals surface area contributed by atoms with Crippen LogP contribution >= 0.6 is 0 Å². The van der Waals surface area contributed by atoms with Crippen molar-refractivity contribution in [1.82, 2.24) is 29.4 Å². The summed E-state index contributed by atoms with van der Waals surface area (Å²) in [6.07, 6.45) is 5.44. The molecule has 21 heavy (non-hydrogen) atoms. The van der Waals surface area contributed by atoms with E-state index in [4.69, 9.17) is 0 Å². The van der Waals surface area contributed by atoms with Gasteiger partial charge in [0, 0.05) is 45.6 Å². The van der Waals surface area contributed by atoms with Crippen LogP contribution < -0.4 is 9.80 Å². The second-order valence-electron chi connectivity index (χ2n) is 5.14. The maximum Gasteiger partial charge on any atom is 0.205 e. The van der Waals surface area contributed by atoms with E-state index in [1.54, 1.807) is 10.8 Å². The molecule has 8 heteroatoms. The maximum atomic E-state index is 4.54. The molecule has 0 unspecified atom stereocenters. The number of aromatic nitrogens is 6. The standard InChI is InChI=1S/C13H16N8/c1-18-5-4-14-13(18)20-8-6-19(7-9-20)12-3-2-11-16-15-10-21(11)17-12/h2-5,10H,6-9H2,1H3. The topological polar surface area (TPSA) is 67.4 Å². The fraction of sp³-hybridized carbons (Fsp3) is 0.385. The highest BCUT2D eigenvalue weighted by atomic mass is 15.4. The lowest BCUT2D eigenvalue weighted by atomic mass is 10.3. The summed E-state index contributed by atoms with van der Waals surface area (Å²) in [7, 11) is 2.02. The molecule has 0 spiro atoms. The third kappa shape index (κ3) is 2.08. The van der Waals surface area contributed by atoms with Crippen LogP contribution in [0.5, 0.6) is 0 Å². The van der Waals surface area contributed by atoms with Gasteiger partial charge in [0.15, 0.2) is 5.65 Å². The highest BCUT2D eigenvalue weighted by molar-refractivity contribution is 5.46. The van der Waals surface area contributed by atoms with Crippen molar-refractivity contribution in [2.45, 2.75) is 0 Å². The molecule has 1 saturated heterocycles. The van der Waals surface area contributed by atoms with Gasteiger partial charge in [0.05, 0.1) is 0 Å². The zero-order valence-corrected chi connectivity index (χ0v) is 11.8.